The number of nitrogens with one attached hydrogen (secondary N) is 2. The van der Waals surface area contributed by atoms with Gasteiger partial charge in [0.15, 0.2) is 11.6 Å². The second-order valence-corrected chi connectivity index (χ2v) is 12.2. The van der Waals surface area contributed by atoms with Gasteiger partial charge in [-0.3, -0.25) is 19.3 Å². The fraction of sp³-hybridized carbons (Fsp3) is 0.200. The Morgan fingerprint density at radius 2 is 1.57 bits per heavy atom. The summed E-state index contributed by atoms with van der Waals surface area (Å²) in [6, 6.07) is 30.0. The van der Waals surface area contributed by atoms with Crippen molar-refractivity contribution in [3.05, 3.63) is 131 Å². The predicted molar refractivity (Wildman–Crippen MR) is 179 cm³/mol. The Labute approximate surface area is 284 Å². The number of carbonyl (C=O) groups excluding carboxylic acids is 3. The molecule has 1 fully saturated rings. The van der Waals surface area contributed by atoms with E-state index in [9.17, 15) is 24.3 Å². The van der Waals surface area contributed by atoms with E-state index in [1.54, 1.807) is 0 Å². The lowest BCUT2D eigenvalue weighted by Crippen LogP contribution is -2.71. The summed E-state index contributed by atoms with van der Waals surface area (Å²) in [6.45, 7) is 0.948. The summed E-state index contributed by atoms with van der Waals surface area (Å²) in [7, 11) is 1.26. The average molecular weight is 682 g/mol. The van der Waals surface area contributed by atoms with Crippen LogP contribution in [0.25, 0.3) is 0 Å². The number of amides is 2. The number of aromatic nitrogens is 1. The van der Waals surface area contributed by atoms with Crippen LogP contribution in [0.4, 0.5) is 5.82 Å². The number of anilines is 1. The number of benzene rings is 3. The molecule has 1 saturated heterocycles. The summed E-state index contributed by atoms with van der Waals surface area (Å²) < 4.78 is 10.6. The van der Waals surface area contributed by atoms with Crippen LogP contribution in [-0.4, -0.2) is 75.5 Å². The Balaban J connectivity index is 1.27. The summed E-state index contributed by atoms with van der Waals surface area (Å²) in [5, 5.41) is 23.4. The van der Waals surface area contributed by atoms with Gasteiger partial charge < -0.3 is 29.8 Å². The van der Waals surface area contributed by atoms with Crippen molar-refractivity contribution in [1.29, 1.82) is 0 Å². The van der Waals surface area contributed by atoms with Crippen molar-refractivity contribution in [2.45, 2.75) is 23.9 Å². The first-order chi connectivity index (χ1) is 23.7. The lowest BCUT2D eigenvalue weighted by Gasteiger charge is -2.49. The van der Waals surface area contributed by atoms with Crippen molar-refractivity contribution < 1.29 is 38.4 Å². The highest BCUT2D eigenvalue weighted by Crippen LogP contribution is 2.41. The molecule has 13 nitrogen and oxygen atoms in total. The molecule has 2 aliphatic rings. The van der Waals surface area contributed by atoms with Crippen molar-refractivity contribution >= 4 is 47.0 Å². The van der Waals surface area contributed by atoms with Crippen molar-refractivity contribution in [3.8, 4) is 0 Å². The monoisotopic (exact) mass is 681 g/mol. The second-order valence-electron chi connectivity index (χ2n) is 11.1. The number of rotatable bonds is 12. The number of aliphatic carboxylic acids is 1. The number of carboxylic acid groups (broad SMARTS) is 1. The lowest BCUT2D eigenvalue weighted by atomic mass is 9.77. The van der Waals surface area contributed by atoms with Gasteiger partial charge >= 0.3 is 11.9 Å². The molecule has 49 heavy (non-hydrogen) atoms. The number of esters is 1. The molecule has 14 heteroatoms. The Morgan fingerprint density at radius 1 is 1.00 bits per heavy atom. The van der Waals surface area contributed by atoms with E-state index in [-0.39, 0.29) is 40.9 Å². The molecule has 4 aromatic rings. The highest BCUT2D eigenvalue weighted by atomic mass is 32.2. The van der Waals surface area contributed by atoms with Gasteiger partial charge in [-0.1, -0.05) is 101 Å². The summed E-state index contributed by atoms with van der Waals surface area (Å²) in [5.41, 5.74) is 1.56. The Hall–Kier alpha value is -5.89. The Kier molecular flexibility index (Phi) is 9.49. The molecule has 0 aliphatic carbocycles. The number of carboxylic acids is 1. The number of fused-ring (bicyclic) bond motifs is 1. The van der Waals surface area contributed by atoms with E-state index in [2.05, 4.69) is 20.9 Å². The Morgan fingerprint density at radius 3 is 2.08 bits per heavy atom. The minimum Gasteiger partial charge on any atom is -0.477 e. The van der Waals surface area contributed by atoms with Crippen LogP contribution in [0, 0.1) is 0 Å². The largest absolute Gasteiger partial charge is 0.477 e. The Bertz CT molecular complexity index is 1830. The molecule has 0 bridgehead atoms. The van der Waals surface area contributed by atoms with Crippen molar-refractivity contribution in [1.82, 2.24) is 15.4 Å². The second kappa shape index (κ2) is 14.1. The zero-order valence-corrected chi connectivity index (χ0v) is 27.2. The predicted octanol–water partition coefficient (Wildman–Crippen LogP) is 3.73. The fourth-order valence-electron chi connectivity index (χ4n) is 5.90. The first-order valence-electron chi connectivity index (χ1n) is 15.1. The van der Waals surface area contributed by atoms with Gasteiger partial charge in [-0.2, -0.15) is 0 Å². The number of β-lactam (4-membered cyclic amide) rings is 1. The normalized spacial score (nSPS) is 17.5. The van der Waals surface area contributed by atoms with Crippen LogP contribution in [0.15, 0.2) is 118 Å². The third-order valence-corrected chi connectivity index (χ3v) is 9.40. The van der Waals surface area contributed by atoms with Gasteiger partial charge in [-0.15, -0.1) is 11.8 Å². The van der Waals surface area contributed by atoms with Crippen LogP contribution < -0.4 is 10.6 Å². The number of nitrogens with zero attached hydrogens (tertiary/aromatic N) is 3. The number of hydrogen-bond acceptors (Lipinski definition) is 11. The van der Waals surface area contributed by atoms with E-state index in [1.165, 1.54) is 31.9 Å². The molecule has 1 aromatic heterocycles. The van der Waals surface area contributed by atoms with Gasteiger partial charge in [-0.05, 0) is 16.7 Å². The van der Waals surface area contributed by atoms with Gasteiger partial charge in [0.05, 0.1) is 0 Å². The van der Waals surface area contributed by atoms with E-state index >= 15 is 0 Å². The van der Waals surface area contributed by atoms with Gasteiger partial charge in [-0.25, -0.2) is 4.79 Å². The minimum atomic E-state index is -1.34. The number of ether oxygens (including phenoxy) is 1. The number of oxime groups is 1. The van der Waals surface area contributed by atoms with Gasteiger partial charge in [0.2, 0.25) is 5.71 Å². The number of hydrogen-bond donors (Lipinski definition) is 3. The smallest absolute Gasteiger partial charge is 0.352 e. The molecule has 6 rings (SSSR count). The van der Waals surface area contributed by atoms with E-state index in [1.807, 2.05) is 91.0 Å². The van der Waals surface area contributed by atoms with Gasteiger partial charge in [0, 0.05) is 24.3 Å². The third-order valence-electron chi connectivity index (χ3n) is 8.06. The van der Waals surface area contributed by atoms with Crippen LogP contribution in [0.1, 0.15) is 29.4 Å². The summed E-state index contributed by atoms with van der Waals surface area (Å²) >= 11 is 1.23. The van der Waals surface area contributed by atoms with Crippen LogP contribution in [0.2, 0.25) is 0 Å². The molecule has 2 amide bonds. The summed E-state index contributed by atoms with van der Waals surface area (Å²) in [6.07, 6.45) is 0. The summed E-state index contributed by atoms with van der Waals surface area (Å²) in [4.78, 5) is 56.2. The van der Waals surface area contributed by atoms with Crippen molar-refractivity contribution in [2.24, 2.45) is 5.16 Å². The maximum atomic E-state index is 13.6. The fourth-order valence-corrected chi connectivity index (χ4v) is 7.23. The molecule has 3 heterocycles. The SMILES string of the molecule is CO/N=C(\C(=O)NC1C(=O)N2C(C(=O)O)=C(COC(C)=O)CS[C@H]12)c1cc(NC(c2ccccc2)(c2ccccc2)c2ccccc2)no1. The van der Waals surface area contributed by atoms with Gasteiger partial charge in [0.25, 0.3) is 11.8 Å². The van der Waals surface area contributed by atoms with Crippen LogP contribution in [0.3, 0.4) is 0 Å². The zero-order chi connectivity index (χ0) is 34.5. The van der Waals surface area contributed by atoms with E-state index < -0.39 is 40.7 Å². The van der Waals surface area contributed by atoms with Crippen LogP contribution >= 0.6 is 11.8 Å². The molecule has 250 valence electrons. The first-order valence-corrected chi connectivity index (χ1v) is 16.2. The first kappa shape index (κ1) is 33.0. The number of carbonyl (C=O) groups is 4. The van der Waals surface area contributed by atoms with Gasteiger partial charge in [0.1, 0.15) is 36.4 Å². The van der Waals surface area contributed by atoms with Crippen LogP contribution in [-0.2, 0) is 34.3 Å². The molecule has 2 aliphatic heterocycles. The topological polar surface area (TPSA) is 173 Å². The minimum absolute atomic E-state index is 0.0420. The molecule has 0 spiro atoms. The molecule has 0 saturated carbocycles. The maximum absolute atomic E-state index is 13.6. The van der Waals surface area contributed by atoms with Crippen LogP contribution in [0.5, 0.6) is 0 Å². The summed E-state index contributed by atoms with van der Waals surface area (Å²) in [5.74, 6) is -2.93. The van der Waals surface area contributed by atoms with E-state index in [0.29, 0.717) is 0 Å². The third kappa shape index (κ3) is 6.37. The molecular weight excluding hydrogens is 650 g/mol. The molecule has 3 N–H and O–H groups in total. The average Bonchev–Trinajstić information content (AvgIpc) is 3.59. The van der Waals surface area contributed by atoms with Crippen molar-refractivity contribution in [2.75, 3.05) is 24.8 Å². The zero-order valence-electron chi connectivity index (χ0n) is 26.4. The number of thioether (sulfide) groups is 1. The highest BCUT2D eigenvalue weighted by Gasteiger charge is 2.54. The molecule has 0 radical (unpaired) electrons. The molecule has 2 atom stereocenters. The van der Waals surface area contributed by atoms with Crippen molar-refractivity contribution in [3.63, 3.8) is 0 Å². The lowest BCUT2D eigenvalue weighted by molar-refractivity contribution is -0.150. The quantitative estimate of drug-likeness (QED) is 0.0654. The standard InChI is InChI=1S/C35H31N5O8S/c1-21(41)47-19-22-20-49-33-29(32(43)40(33)30(22)34(44)45)36-31(42)28(39-46-2)26-18-27(38-48-26)37-35(23-12-6-3-7-13-23,24-14-8-4-9-15-24)25-16-10-5-11-17-25/h3-18,29,33H,19-20H2,1-2H3,(H,36,42)(H,37,38)(H,44,45)/b39-28-/t29?,33-/m1/s1. The maximum Gasteiger partial charge on any atom is 0.352 e. The molecule has 1 unspecified atom stereocenters. The molecule has 3 aromatic carbocycles. The highest BCUT2D eigenvalue weighted by molar-refractivity contribution is 8.00. The van der Waals surface area contributed by atoms with E-state index in [0.717, 1.165) is 21.6 Å². The van der Waals surface area contributed by atoms with E-state index in [4.69, 9.17) is 14.1 Å². The molecular formula is C35H31N5O8S.